The number of benzene rings is 2. The van der Waals surface area contributed by atoms with Crippen LogP contribution >= 0.6 is 15.9 Å². The Morgan fingerprint density at radius 1 is 1.21 bits per heavy atom. The fraction of sp³-hybridized carbons (Fsp3) is 0.0526. The Hall–Kier alpha value is -2.66. The van der Waals surface area contributed by atoms with Gasteiger partial charge in [-0.25, -0.2) is 0 Å². The van der Waals surface area contributed by atoms with Crippen molar-refractivity contribution >= 4 is 44.6 Å². The number of nitrogens with one attached hydrogen (secondary N) is 1. The maximum absolute atomic E-state index is 12.5. The van der Waals surface area contributed by atoms with Crippen LogP contribution in [0.1, 0.15) is 11.1 Å². The van der Waals surface area contributed by atoms with E-state index in [-0.39, 0.29) is 11.3 Å². The van der Waals surface area contributed by atoms with Gasteiger partial charge in [0.25, 0.3) is 0 Å². The second-order valence-corrected chi connectivity index (χ2v) is 6.18. The molecule has 5 heteroatoms. The summed E-state index contributed by atoms with van der Waals surface area (Å²) in [5, 5.41) is 3.24. The van der Waals surface area contributed by atoms with E-state index in [9.17, 15) is 9.59 Å². The lowest BCUT2D eigenvalue weighted by atomic mass is 10.1. The second kappa shape index (κ2) is 6.84. The smallest absolute Gasteiger partial charge is 0.248 e. The molecule has 3 rings (SSSR count). The minimum atomic E-state index is -0.328. The molecule has 1 aromatic heterocycles. The summed E-state index contributed by atoms with van der Waals surface area (Å²) in [6.07, 6.45) is 4.13. The van der Waals surface area contributed by atoms with Crippen molar-refractivity contribution in [3.8, 4) is 0 Å². The molecule has 1 amide bonds. The van der Waals surface area contributed by atoms with Crippen LogP contribution in [0.5, 0.6) is 0 Å². The number of carbonyl (C=O) groups excluding carboxylic acids is 1. The van der Waals surface area contributed by atoms with Crippen LogP contribution in [-0.2, 0) is 4.79 Å². The zero-order valence-electron chi connectivity index (χ0n) is 12.9. The fourth-order valence-corrected chi connectivity index (χ4v) is 2.66. The fourth-order valence-electron chi connectivity index (χ4n) is 2.28. The molecule has 0 fully saturated rings. The van der Waals surface area contributed by atoms with Gasteiger partial charge in [-0.2, -0.15) is 0 Å². The van der Waals surface area contributed by atoms with Gasteiger partial charge in [0, 0.05) is 10.5 Å². The molecule has 2 aromatic carbocycles. The molecule has 0 unspecified atom stereocenters. The summed E-state index contributed by atoms with van der Waals surface area (Å²) in [4.78, 5) is 24.5. The topological polar surface area (TPSA) is 59.3 Å². The van der Waals surface area contributed by atoms with Crippen LogP contribution in [0.15, 0.2) is 68.5 Å². The van der Waals surface area contributed by atoms with Crippen LogP contribution in [0, 0.1) is 6.92 Å². The normalized spacial score (nSPS) is 11.1. The van der Waals surface area contributed by atoms with Gasteiger partial charge in [-0.15, -0.1) is 0 Å². The number of rotatable bonds is 3. The van der Waals surface area contributed by atoms with Crippen molar-refractivity contribution in [2.24, 2.45) is 0 Å². The van der Waals surface area contributed by atoms with Crippen molar-refractivity contribution < 1.29 is 9.21 Å². The zero-order valence-corrected chi connectivity index (χ0v) is 14.5. The lowest BCUT2D eigenvalue weighted by Gasteiger charge is -2.04. The largest absolute Gasteiger partial charge is 0.463 e. The summed E-state index contributed by atoms with van der Waals surface area (Å²) in [6, 6.07) is 12.7. The van der Waals surface area contributed by atoms with Crippen molar-refractivity contribution in [1.29, 1.82) is 0 Å². The highest BCUT2D eigenvalue weighted by molar-refractivity contribution is 9.10. The Labute approximate surface area is 146 Å². The van der Waals surface area contributed by atoms with Gasteiger partial charge in [0.2, 0.25) is 5.91 Å². The van der Waals surface area contributed by atoms with Gasteiger partial charge in [0.05, 0.1) is 16.6 Å². The van der Waals surface area contributed by atoms with Crippen LogP contribution in [-0.4, -0.2) is 5.91 Å². The first kappa shape index (κ1) is 16.2. The van der Waals surface area contributed by atoms with E-state index in [1.54, 1.807) is 18.2 Å². The monoisotopic (exact) mass is 383 g/mol. The minimum absolute atomic E-state index is 0.162. The van der Waals surface area contributed by atoms with E-state index in [4.69, 9.17) is 4.42 Å². The standard InChI is InChI=1S/C19H14BrNO3/c1-12-6-8-17-14(10-12)19(23)13(11-24-17)7-9-18(22)21-16-5-3-2-4-15(16)20/h2-11H,1H3,(H,21,22)/b9-7+. The highest BCUT2D eigenvalue weighted by atomic mass is 79.9. The zero-order chi connectivity index (χ0) is 17.1. The second-order valence-electron chi connectivity index (χ2n) is 5.32. The molecule has 4 nitrogen and oxygen atoms in total. The number of hydrogen-bond donors (Lipinski definition) is 1. The molecule has 0 radical (unpaired) electrons. The Morgan fingerprint density at radius 3 is 2.79 bits per heavy atom. The van der Waals surface area contributed by atoms with E-state index >= 15 is 0 Å². The molecule has 120 valence electrons. The summed E-state index contributed by atoms with van der Waals surface area (Å²) >= 11 is 3.36. The molecular weight excluding hydrogens is 370 g/mol. The lowest BCUT2D eigenvalue weighted by molar-refractivity contribution is -0.111. The molecule has 0 aliphatic rings. The maximum Gasteiger partial charge on any atom is 0.248 e. The predicted molar refractivity (Wildman–Crippen MR) is 99.0 cm³/mol. The Balaban J connectivity index is 1.85. The van der Waals surface area contributed by atoms with Crippen molar-refractivity contribution in [2.45, 2.75) is 6.92 Å². The van der Waals surface area contributed by atoms with Crippen LogP contribution in [0.25, 0.3) is 17.0 Å². The first-order valence-electron chi connectivity index (χ1n) is 7.30. The summed E-state index contributed by atoms with van der Waals surface area (Å²) < 4.78 is 6.24. The van der Waals surface area contributed by atoms with Gasteiger partial charge < -0.3 is 9.73 Å². The van der Waals surface area contributed by atoms with Gasteiger partial charge in [0.15, 0.2) is 5.43 Å². The third-order valence-electron chi connectivity index (χ3n) is 3.50. The van der Waals surface area contributed by atoms with Gasteiger partial charge in [0.1, 0.15) is 11.8 Å². The molecule has 3 aromatic rings. The third-order valence-corrected chi connectivity index (χ3v) is 4.19. The molecule has 0 saturated heterocycles. The SMILES string of the molecule is Cc1ccc2occ(/C=C/C(=O)Nc3ccccc3Br)c(=O)c2c1. The van der Waals surface area contributed by atoms with Crippen LogP contribution < -0.4 is 10.7 Å². The number of para-hydroxylation sites is 1. The Bertz CT molecular complexity index is 1000. The summed E-state index contributed by atoms with van der Waals surface area (Å²) in [7, 11) is 0. The number of carbonyl (C=O) groups is 1. The van der Waals surface area contributed by atoms with Crippen LogP contribution in [0.4, 0.5) is 5.69 Å². The molecule has 0 spiro atoms. The predicted octanol–water partition coefficient (Wildman–Crippen LogP) is 4.52. The molecular formula is C19H14BrNO3. The molecule has 0 atom stereocenters. The van der Waals surface area contributed by atoms with E-state index in [1.165, 1.54) is 18.4 Å². The first-order chi connectivity index (χ1) is 11.5. The number of amides is 1. The molecule has 24 heavy (non-hydrogen) atoms. The van der Waals surface area contributed by atoms with Gasteiger partial charge in [-0.3, -0.25) is 9.59 Å². The molecule has 0 aliphatic heterocycles. The van der Waals surface area contributed by atoms with Gasteiger partial charge in [-0.05, 0) is 53.2 Å². The van der Waals surface area contributed by atoms with Crippen molar-refractivity contribution in [1.82, 2.24) is 0 Å². The molecule has 0 bridgehead atoms. The van der Waals surface area contributed by atoms with E-state index in [0.29, 0.717) is 22.2 Å². The number of aryl methyl sites for hydroxylation is 1. The number of anilines is 1. The van der Waals surface area contributed by atoms with Gasteiger partial charge in [-0.1, -0.05) is 23.8 Å². The van der Waals surface area contributed by atoms with E-state index in [2.05, 4.69) is 21.2 Å². The lowest BCUT2D eigenvalue weighted by Crippen LogP contribution is -2.09. The van der Waals surface area contributed by atoms with Crippen molar-refractivity contribution in [3.05, 3.63) is 80.6 Å². The average Bonchev–Trinajstić information content (AvgIpc) is 2.57. The Kier molecular flexibility index (Phi) is 4.62. The molecule has 1 heterocycles. The Morgan fingerprint density at radius 2 is 2.00 bits per heavy atom. The summed E-state index contributed by atoms with van der Waals surface area (Å²) in [5.74, 6) is -0.328. The minimum Gasteiger partial charge on any atom is -0.463 e. The summed E-state index contributed by atoms with van der Waals surface area (Å²) in [5.41, 5.74) is 2.33. The van der Waals surface area contributed by atoms with E-state index in [1.807, 2.05) is 31.2 Å². The third kappa shape index (κ3) is 3.46. The van der Waals surface area contributed by atoms with Crippen molar-refractivity contribution in [2.75, 3.05) is 5.32 Å². The van der Waals surface area contributed by atoms with Crippen molar-refractivity contribution in [3.63, 3.8) is 0 Å². The summed E-state index contributed by atoms with van der Waals surface area (Å²) in [6.45, 7) is 1.91. The average molecular weight is 384 g/mol. The quantitative estimate of drug-likeness (QED) is 0.676. The van der Waals surface area contributed by atoms with E-state index < -0.39 is 0 Å². The molecule has 0 aliphatic carbocycles. The highest BCUT2D eigenvalue weighted by Gasteiger charge is 2.06. The highest BCUT2D eigenvalue weighted by Crippen LogP contribution is 2.21. The number of halogens is 1. The van der Waals surface area contributed by atoms with Crippen LogP contribution in [0.2, 0.25) is 0 Å². The van der Waals surface area contributed by atoms with Crippen LogP contribution in [0.3, 0.4) is 0 Å². The molecule has 0 saturated carbocycles. The number of fused-ring (bicyclic) bond motifs is 1. The van der Waals surface area contributed by atoms with E-state index in [0.717, 1.165) is 10.0 Å². The maximum atomic E-state index is 12.5. The first-order valence-corrected chi connectivity index (χ1v) is 8.09. The molecule has 1 N–H and O–H groups in total. The number of hydrogen-bond acceptors (Lipinski definition) is 3. The van der Waals surface area contributed by atoms with Gasteiger partial charge >= 0.3 is 0 Å².